The molecule has 0 aliphatic rings. The molecule has 2 aromatic carbocycles. The van der Waals surface area contributed by atoms with Gasteiger partial charge >= 0.3 is 0 Å². The van der Waals surface area contributed by atoms with Crippen LogP contribution in [-0.2, 0) is 6.54 Å². The highest BCUT2D eigenvalue weighted by Crippen LogP contribution is 2.27. The lowest BCUT2D eigenvalue weighted by Crippen LogP contribution is -2.27. The van der Waals surface area contributed by atoms with Gasteiger partial charge in [0.25, 0.3) is 0 Å². The molecule has 0 aliphatic carbocycles. The summed E-state index contributed by atoms with van der Waals surface area (Å²) in [7, 11) is 0. The number of anilines is 3. The fraction of sp³-hybridized carbons (Fsp3) is 0.238. The lowest BCUT2D eigenvalue weighted by Gasteiger charge is -2.26. The zero-order chi connectivity index (χ0) is 17.7. The number of nitrogens with zero attached hydrogens (tertiary/aromatic N) is 3. The Hall–Kier alpha value is -2.88. The molecule has 1 N–H and O–H groups in total. The van der Waals surface area contributed by atoms with Crippen molar-refractivity contribution in [1.29, 1.82) is 0 Å². The molecule has 128 valence electrons. The van der Waals surface area contributed by atoms with Crippen molar-refractivity contribution in [2.75, 3.05) is 10.2 Å². The van der Waals surface area contributed by atoms with Crippen molar-refractivity contribution in [1.82, 2.24) is 9.97 Å². The topological polar surface area (TPSA) is 41.0 Å². The van der Waals surface area contributed by atoms with Crippen LogP contribution in [0.4, 0.5) is 17.3 Å². The van der Waals surface area contributed by atoms with E-state index in [4.69, 9.17) is 0 Å². The molecular formula is C21H24N4. The van der Waals surface area contributed by atoms with Gasteiger partial charge in [-0.3, -0.25) is 0 Å². The number of aromatic nitrogens is 2. The molecule has 3 rings (SSSR count). The third kappa shape index (κ3) is 4.80. The summed E-state index contributed by atoms with van der Waals surface area (Å²) in [4.78, 5) is 11.1. The summed E-state index contributed by atoms with van der Waals surface area (Å²) in [6.45, 7) is 7.10. The Morgan fingerprint density at radius 2 is 1.52 bits per heavy atom. The van der Waals surface area contributed by atoms with Crippen LogP contribution in [0.5, 0.6) is 0 Å². The van der Waals surface area contributed by atoms with Gasteiger partial charge in [0.15, 0.2) is 0 Å². The molecule has 0 bridgehead atoms. The van der Waals surface area contributed by atoms with Gasteiger partial charge in [0.05, 0.1) is 0 Å². The maximum atomic E-state index is 4.52. The molecule has 1 aromatic heterocycles. The van der Waals surface area contributed by atoms with Gasteiger partial charge < -0.3 is 10.2 Å². The molecule has 3 aromatic rings. The number of benzene rings is 2. The molecule has 0 saturated carbocycles. The van der Waals surface area contributed by atoms with Gasteiger partial charge in [-0.15, -0.1) is 0 Å². The minimum absolute atomic E-state index is 0.0529. The second-order valence-electron chi connectivity index (χ2n) is 7.04. The Labute approximate surface area is 149 Å². The summed E-state index contributed by atoms with van der Waals surface area (Å²) >= 11 is 0. The highest BCUT2D eigenvalue weighted by Gasteiger charge is 2.15. The molecule has 0 unspecified atom stereocenters. The van der Waals surface area contributed by atoms with Crippen LogP contribution in [0.2, 0.25) is 0 Å². The van der Waals surface area contributed by atoms with Crippen LogP contribution in [0.1, 0.15) is 26.3 Å². The molecular weight excluding hydrogens is 308 g/mol. The predicted octanol–water partition coefficient (Wildman–Crippen LogP) is 5.03. The molecule has 4 heteroatoms. The van der Waals surface area contributed by atoms with E-state index < -0.39 is 0 Å². The normalized spacial score (nSPS) is 11.2. The number of nitrogens with one attached hydrogen (secondary N) is 1. The Bertz CT molecular complexity index is 795. The quantitative estimate of drug-likeness (QED) is 0.712. The molecule has 0 spiro atoms. The lowest BCUT2D eigenvalue weighted by molar-refractivity contribution is 0.630. The molecule has 4 nitrogen and oxygen atoms in total. The van der Waals surface area contributed by atoms with Crippen LogP contribution < -0.4 is 10.2 Å². The smallest absolute Gasteiger partial charge is 0.138 e. The third-order valence-corrected chi connectivity index (χ3v) is 3.68. The van der Waals surface area contributed by atoms with Crippen molar-refractivity contribution in [2.24, 2.45) is 0 Å². The molecule has 0 fully saturated rings. The zero-order valence-electron chi connectivity index (χ0n) is 15.0. The first-order valence-corrected chi connectivity index (χ1v) is 8.48. The summed E-state index contributed by atoms with van der Waals surface area (Å²) < 4.78 is 0. The monoisotopic (exact) mass is 332 g/mol. The third-order valence-electron chi connectivity index (χ3n) is 3.68. The van der Waals surface area contributed by atoms with Gasteiger partial charge in [-0.1, -0.05) is 48.5 Å². The number of hydrogen-bond donors (Lipinski definition) is 1. The van der Waals surface area contributed by atoms with Crippen LogP contribution in [0.15, 0.2) is 73.1 Å². The van der Waals surface area contributed by atoms with E-state index in [1.54, 1.807) is 6.33 Å². The van der Waals surface area contributed by atoms with Crippen molar-refractivity contribution in [3.8, 4) is 0 Å². The number of rotatable bonds is 5. The predicted molar refractivity (Wildman–Crippen MR) is 104 cm³/mol. The van der Waals surface area contributed by atoms with E-state index in [0.29, 0.717) is 0 Å². The van der Waals surface area contributed by atoms with E-state index in [-0.39, 0.29) is 5.54 Å². The first-order chi connectivity index (χ1) is 12.0. The zero-order valence-corrected chi connectivity index (χ0v) is 15.0. The molecule has 1 heterocycles. The molecule has 0 saturated heterocycles. The summed E-state index contributed by atoms with van der Waals surface area (Å²) in [6.07, 6.45) is 1.62. The van der Waals surface area contributed by atoms with Crippen LogP contribution >= 0.6 is 0 Å². The van der Waals surface area contributed by atoms with Crippen LogP contribution in [-0.4, -0.2) is 15.5 Å². The molecule has 25 heavy (non-hydrogen) atoms. The van der Waals surface area contributed by atoms with Crippen molar-refractivity contribution in [3.63, 3.8) is 0 Å². The Kier molecular flexibility index (Phi) is 4.98. The van der Waals surface area contributed by atoms with Gasteiger partial charge in [0.1, 0.15) is 18.0 Å². The minimum Gasteiger partial charge on any atom is -0.365 e. The van der Waals surface area contributed by atoms with Crippen LogP contribution in [0, 0.1) is 0 Å². The minimum atomic E-state index is -0.0529. The van der Waals surface area contributed by atoms with E-state index in [1.165, 1.54) is 5.56 Å². The molecule has 0 aliphatic heterocycles. The Morgan fingerprint density at radius 3 is 2.16 bits per heavy atom. The van der Waals surface area contributed by atoms with E-state index in [2.05, 4.69) is 77.4 Å². The van der Waals surface area contributed by atoms with Gasteiger partial charge in [-0.25, -0.2) is 9.97 Å². The number of para-hydroxylation sites is 1. The van der Waals surface area contributed by atoms with Gasteiger partial charge in [0, 0.05) is 23.8 Å². The molecule has 0 amide bonds. The molecule has 0 atom stereocenters. The van der Waals surface area contributed by atoms with Gasteiger partial charge in [-0.05, 0) is 38.5 Å². The van der Waals surface area contributed by atoms with E-state index >= 15 is 0 Å². The summed E-state index contributed by atoms with van der Waals surface area (Å²) in [6, 6.07) is 22.7. The van der Waals surface area contributed by atoms with Crippen LogP contribution in [0.3, 0.4) is 0 Å². The van der Waals surface area contributed by atoms with Crippen molar-refractivity contribution >= 4 is 17.3 Å². The fourth-order valence-electron chi connectivity index (χ4n) is 2.63. The second-order valence-corrected chi connectivity index (χ2v) is 7.04. The SMILES string of the molecule is CC(C)(C)Nc1cc(N(Cc2ccccc2)c2ccccc2)ncn1. The standard InChI is InChI=1S/C21H24N4/c1-21(2,3)24-19-14-20(23-16-22-19)25(18-12-8-5-9-13-18)15-17-10-6-4-7-11-17/h4-14,16H,15H2,1-3H3,(H,22,23,24). The summed E-state index contributed by atoms with van der Waals surface area (Å²) in [5, 5.41) is 3.41. The van der Waals surface area contributed by atoms with Crippen molar-refractivity contribution < 1.29 is 0 Å². The van der Waals surface area contributed by atoms with E-state index in [9.17, 15) is 0 Å². The van der Waals surface area contributed by atoms with Gasteiger partial charge in [0.2, 0.25) is 0 Å². The van der Waals surface area contributed by atoms with Gasteiger partial charge in [-0.2, -0.15) is 0 Å². The van der Waals surface area contributed by atoms with Crippen molar-refractivity contribution in [2.45, 2.75) is 32.9 Å². The summed E-state index contributed by atoms with van der Waals surface area (Å²) in [5.74, 6) is 1.70. The first kappa shape index (κ1) is 17.0. The largest absolute Gasteiger partial charge is 0.365 e. The Balaban J connectivity index is 1.96. The maximum absolute atomic E-state index is 4.52. The Morgan fingerprint density at radius 1 is 0.880 bits per heavy atom. The highest BCUT2D eigenvalue weighted by molar-refractivity contribution is 5.62. The number of hydrogen-bond acceptors (Lipinski definition) is 4. The van der Waals surface area contributed by atoms with Crippen molar-refractivity contribution in [3.05, 3.63) is 78.6 Å². The van der Waals surface area contributed by atoms with E-state index in [1.807, 2.05) is 30.3 Å². The maximum Gasteiger partial charge on any atom is 0.138 e. The summed E-state index contributed by atoms with van der Waals surface area (Å²) in [5.41, 5.74) is 2.28. The highest BCUT2D eigenvalue weighted by atomic mass is 15.2. The lowest BCUT2D eigenvalue weighted by atomic mass is 10.1. The average Bonchev–Trinajstić information content (AvgIpc) is 2.60. The second kappa shape index (κ2) is 7.34. The van der Waals surface area contributed by atoms with E-state index in [0.717, 1.165) is 23.9 Å². The first-order valence-electron chi connectivity index (χ1n) is 8.48. The average molecular weight is 332 g/mol. The fourth-order valence-corrected chi connectivity index (χ4v) is 2.63. The van der Waals surface area contributed by atoms with Crippen LogP contribution in [0.25, 0.3) is 0 Å². The molecule has 0 radical (unpaired) electrons.